The molecule has 3 N–H and O–H groups in total. The van der Waals surface area contributed by atoms with E-state index < -0.39 is 24.6 Å². The molecule has 8 aliphatic rings. The molecule has 8 fully saturated rings. The third-order valence-electron chi connectivity index (χ3n) is 32.5. The number of hydrogen-bond acceptors (Lipinski definition) is 18. The molecule has 13 atom stereocenters. The minimum Gasteiger partial charge on any atom is -1.00 e. The van der Waals surface area contributed by atoms with E-state index in [1.165, 1.54) is 80.8 Å². The largest absolute Gasteiger partial charge is 1.00 e. The SMILES string of the molecule is C.C.C1CCOC1.C=Cc1c[c-]c(OC)c(OC)c1.C=Cc1cc(Br)c(OC)c(OC)c1.C=Cc1cc(OC)c(OC)c(C(=O)C[C@@H]2[C@@]3(C)CCCC(C)(C)C3CC[C@@]2(C)O)c1.C=Cc1cc(OC)c(OC)c(C(O)C[C@@H]2[C@@]3(C)CCCC(C)(C)C3CC[C@@]2(C)O)c1.CC1(C)CCC[C@@]2(C)C1CC[C@@]1(C)OC(=O)C[C@@H]12.COc1cc(C=O)cc(Br)c1OC.C[P+](c1ccccc1)(c1ccccc1)c1ccccc1.[B].[H-].[H-].[Li+].[Na+].[Na+]. The minimum absolute atomic E-state index is 0. The maximum atomic E-state index is 13.6. The van der Waals surface area contributed by atoms with Crippen molar-refractivity contribution >= 4 is 106 Å². The molecular formula is C122H171BBr2LiNa2O18P+. The molecule has 8 aromatic rings. The summed E-state index contributed by atoms with van der Waals surface area (Å²) < 4.78 is 64.9. The van der Waals surface area contributed by atoms with Crippen LogP contribution in [0.2, 0.25) is 0 Å². The van der Waals surface area contributed by atoms with E-state index in [0.717, 1.165) is 104 Å². The first-order valence-corrected chi connectivity index (χ1v) is 53.6. The number of carbonyl (C=O) groups is 3. The Bertz CT molecular complexity index is 5350. The van der Waals surface area contributed by atoms with Gasteiger partial charge in [0.1, 0.15) is 35.1 Å². The average Bonchev–Trinajstić information content (AvgIpc) is 1.70. The van der Waals surface area contributed by atoms with E-state index in [4.69, 9.17) is 56.8 Å². The second kappa shape index (κ2) is 59.8. The van der Waals surface area contributed by atoms with Crippen molar-refractivity contribution in [2.24, 2.45) is 68.0 Å². The van der Waals surface area contributed by atoms with E-state index in [9.17, 15) is 29.7 Å². The molecule has 3 radical (unpaired) electrons. The van der Waals surface area contributed by atoms with Crippen LogP contribution in [0.1, 0.15) is 284 Å². The molecule has 16 rings (SSSR count). The van der Waals surface area contributed by atoms with Crippen LogP contribution >= 0.6 is 39.1 Å². The molecule has 791 valence electrons. The Hall–Kier alpha value is -6.58. The van der Waals surface area contributed by atoms with Crippen LogP contribution < -0.4 is 141 Å². The van der Waals surface area contributed by atoms with E-state index in [0.29, 0.717) is 127 Å². The molecule has 8 aromatic carbocycles. The van der Waals surface area contributed by atoms with Crippen molar-refractivity contribution in [3.05, 3.63) is 232 Å². The molecule has 0 amide bonds. The molecule has 0 bridgehead atoms. The van der Waals surface area contributed by atoms with Gasteiger partial charge in [0.2, 0.25) is 0 Å². The first kappa shape index (κ1) is 135. The molecule has 0 aromatic heterocycles. The Labute approximate surface area is 962 Å². The zero-order chi connectivity index (χ0) is 104. The maximum Gasteiger partial charge on any atom is 1.00 e. The van der Waals surface area contributed by atoms with Gasteiger partial charge >= 0.3 is 83.9 Å². The van der Waals surface area contributed by atoms with Crippen LogP contribution in [0.5, 0.6) is 57.5 Å². The van der Waals surface area contributed by atoms with Gasteiger partial charge in [-0.25, -0.2) is 0 Å². The number of hydrogen-bond donors (Lipinski definition) is 3. The summed E-state index contributed by atoms with van der Waals surface area (Å²) in [5, 5.41) is 38.6. The van der Waals surface area contributed by atoms with Gasteiger partial charge in [0.05, 0.1) is 116 Å². The summed E-state index contributed by atoms with van der Waals surface area (Å²) in [6.07, 6.45) is 27.7. The number of rotatable bonds is 24. The molecule has 25 heteroatoms. The van der Waals surface area contributed by atoms with Gasteiger partial charge in [0.25, 0.3) is 0 Å². The van der Waals surface area contributed by atoms with E-state index in [2.05, 4.69) is 231 Å². The number of carbonyl (C=O) groups excluding carboxylic acids is 3. The van der Waals surface area contributed by atoms with Gasteiger partial charge in [-0.05, 0) is 307 Å². The third-order valence-corrected chi connectivity index (χ3v) is 37.6. The summed E-state index contributed by atoms with van der Waals surface area (Å²) in [6, 6.07) is 53.7. The number of fused-ring (bicyclic) bond motifs is 5. The zero-order valence-electron chi connectivity index (χ0n) is 94.0. The quantitative estimate of drug-likeness (QED) is 0.0128. The number of Topliss-reactive ketones (excluding diaryl/α,β-unsaturated/α-hetero) is 1. The zero-order valence-corrected chi connectivity index (χ0v) is 100. The average molecular weight is 2180 g/mol. The Morgan fingerprint density at radius 3 is 1.22 bits per heavy atom. The Kier molecular flexibility index (Phi) is 54.7. The van der Waals surface area contributed by atoms with Crippen LogP contribution in [-0.4, -0.2) is 150 Å². The van der Waals surface area contributed by atoms with Crippen LogP contribution in [0.15, 0.2) is 187 Å². The summed E-state index contributed by atoms with van der Waals surface area (Å²) >= 11 is 6.66. The van der Waals surface area contributed by atoms with Gasteiger partial charge in [-0.15, -0.1) is 30.4 Å². The molecule has 4 unspecified atom stereocenters. The summed E-state index contributed by atoms with van der Waals surface area (Å²) in [6.45, 7) is 46.9. The van der Waals surface area contributed by atoms with Crippen LogP contribution in [0.25, 0.3) is 24.3 Å². The monoisotopic (exact) mass is 2180 g/mol. The van der Waals surface area contributed by atoms with Gasteiger partial charge in [-0.1, -0.05) is 189 Å². The minimum atomic E-state index is -1.53. The molecule has 2 heterocycles. The van der Waals surface area contributed by atoms with Crippen LogP contribution in [0.4, 0.5) is 0 Å². The van der Waals surface area contributed by atoms with Crippen LogP contribution in [0.3, 0.4) is 0 Å². The van der Waals surface area contributed by atoms with Crippen molar-refractivity contribution in [2.75, 3.05) is 91.0 Å². The fraction of sp³-hybridized carbons (Fsp3) is 0.516. The van der Waals surface area contributed by atoms with Crippen molar-refractivity contribution < 1.29 is 167 Å². The number of aliphatic hydroxyl groups is 3. The predicted molar refractivity (Wildman–Crippen MR) is 605 cm³/mol. The smallest absolute Gasteiger partial charge is 1.00 e. The molecule has 6 aliphatic carbocycles. The molecule has 6 saturated carbocycles. The molecular weight excluding hydrogens is 2010 g/mol. The number of ether oxygens (including phenoxy) is 12. The molecule has 2 saturated heterocycles. The van der Waals surface area contributed by atoms with Gasteiger partial charge in [-0.2, -0.15) is 6.07 Å². The Balaban J connectivity index is 0.000000875. The Morgan fingerprint density at radius 2 is 0.823 bits per heavy atom. The second-order valence-electron chi connectivity index (χ2n) is 42.5. The normalized spacial score (nSPS) is 24.6. The molecule has 2 aliphatic heterocycles. The number of halogens is 2. The maximum absolute atomic E-state index is 13.6. The summed E-state index contributed by atoms with van der Waals surface area (Å²) in [4.78, 5) is 35.9. The first-order valence-electron chi connectivity index (χ1n) is 49.8. The van der Waals surface area contributed by atoms with Gasteiger partial charge in [0, 0.05) is 62.5 Å². The van der Waals surface area contributed by atoms with E-state index in [1.54, 1.807) is 106 Å². The first-order chi connectivity index (χ1) is 66.8. The fourth-order valence-electron chi connectivity index (χ4n) is 25.3. The third kappa shape index (κ3) is 32.1. The summed E-state index contributed by atoms with van der Waals surface area (Å²) in [5.74, 6) is 8.12. The molecule has 0 spiro atoms. The summed E-state index contributed by atoms with van der Waals surface area (Å²) in [7, 11) is 14.3. The molecule has 18 nitrogen and oxygen atoms in total. The number of aldehydes is 1. The van der Waals surface area contributed by atoms with Crippen molar-refractivity contribution in [3.8, 4) is 57.5 Å². The van der Waals surface area contributed by atoms with Crippen LogP contribution in [0, 0.1) is 74.1 Å². The molecule has 147 heavy (non-hydrogen) atoms. The van der Waals surface area contributed by atoms with E-state index in [1.807, 2.05) is 56.3 Å². The number of ketones is 1. The van der Waals surface area contributed by atoms with Crippen molar-refractivity contribution in [1.82, 2.24) is 0 Å². The van der Waals surface area contributed by atoms with Crippen LogP contribution in [-0.2, 0) is 14.3 Å². The number of methoxy groups -OCH3 is 10. The fourth-order valence-corrected chi connectivity index (χ4v) is 29.8. The van der Waals surface area contributed by atoms with E-state index >= 15 is 0 Å². The van der Waals surface area contributed by atoms with Gasteiger partial charge < -0.3 is 75.0 Å². The number of esters is 1. The predicted octanol–water partition coefficient (Wildman–Crippen LogP) is 19.7. The van der Waals surface area contributed by atoms with E-state index in [-0.39, 0.29) is 155 Å². The second-order valence-corrected chi connectivity index (χ2v) is 47.8. The standard InChI is InChI=1S/C26H40O4.C26H38O4.C19H18P.C16H26O2.C10H11BrO2.C10H11O2.C9H9BrO3.C4H8O.2CH4.B.Li.2Na.2H/c2*1-8-17-14-18(23(30-7)20(15-17)29-6)19(27)16-22-25(4)12-9-11-24(2,3)21(25)10-13-26(22,5)28;1-20(17-11-5-2-6-12-17,18-13-7-3-8-14-18)19-15-9-4-10-16-19;1-14(2)7-5-8-15(3)11(14)6-9-16(4)12(15)10-13(17)18-16;1-4-7-5-8(11)10(13-3)9(6-7)12-2;1-4-8-5-6-9(11-2)10(7-8)12-3;1-12-8-4-6(5-11)3-7(10)9(8)13-2;1-2-4-5-3-1;;;;;;;;/h8,14-15,19,21-22,27-28H,1,9-13,16H2,2-7H3;8,14-15,21-22,28H,1,9-13,16H2,2-7H3;2-16H,1H3;11-12H,5-10H2,1-4H3;4-6H,1H2,2-3H3;4-5,7H,1H2,2-3H3;3-5H,1-2H3;1-4H2;2*1H4;;;;;;/q;;+1;;;-1;;;;;;3*+1;2*-1/t19?,21?,22-,25+,26-;21?,22-,25+,26-;;11?,12-,15+,16-;;;;;;;;;;;;/m11.1............/s1. The van der Waals surface area contributed by atoms with Gasteiger partial charge in [-0.3, -0.25) is 14.4 Å². The van der Waals surface area contributed by atoms with Gasteiger partial charge in [0.15, 0.2) is 51.8 Å². The topological polar surface area (TPSA) is 223 Å². The summed E-state index contributed by atoms with van der Waals surface area (Å²) in [5.41, 5.74) is 4.73. The number of benzene rings is 8. The van der Waals surface area contributed by atoms with Crippen molar-refractivity contribution in [2.45, 2.75) is 249 Å². The number of aliphatic hydroxyl groups excluding tert-OH is 1. The Morgan fingerprint density at radius 1 is 0.463 bits per heavy atom. The van der Waals surface area contributed by atoms with Crippen molar-refractivity contribution in [1.29, 1.82) is 0 Å². The van der Waals surface area contributed by atoms with Crippen molar-refractivity contribution in [3.63, 3.8) is 0 Å².